The lowest BCUT2D eigenvalue weighted by atomic mass is 10.1. The minimum atomic E-state index is -0.334. The molecule has 1 aromatic carbocycles. The number of carbonyl (C=O) groups excluding carboxylic acids is 1. The van der Waals surface area contributed by atoms with E-state index in [0.29, 0.717) is 11.6 Å². The fourth-order valence-corrected chi connectivity index (χ4v) is 2.65. The van der Waals surface area contributed by atoms with Crippen molar-refractivity contribution in [3.05, 3.63) is 52.5 Å². The van der Waals surface area contributed by atoms with Crippen molar-refractivity contribution in [2.45, 2.75) is 6.92 Å². The van der Waals surface area contributed by atoms with Gasteiger partial charge in [0, 0.05) is 17.0 Å². The van der Waals surface area contributed by atoms with Crippen molar-refractivity contribution in [1.29, 1.82) is 0 Å². The van der Waals surface area contributed by atoms with Crippen molar-refractivity contribution >= 4 is 22.9 Å². The number of para-hydroxylation sites is 1. The Balaban J connectivity index is 1.86. The van der Waals surface area contributed by atoms with Gasteiger partial charge in [0.25, 0.3) is 5.91 Å². The number of nitrogens with zero attached hydrogens (tertiary/aromatic N) is 3. The van der Waals surface area contributed by atoms with Crippen LogP contribution in [0.25, 0.3) is 11.3 Å². The number of ether oxygens (including phenoxy) is 1. The molecule has 0 aliphatic rings. The van der Waals surface area contributed by atoms with E-state index in [9.17, 15) is 4.79 Å². The molecule has 1 amide bonds. The summed E-state index contributed by atoms with van der Waals surface area (Å²) in [6, 6.07) is 10.7. The molecule has 116 valence electrons. The summed E-state index contributed by atoms with van der Waals surface area (Å²) in [6.45, 7) is 1.95. The Morgan fingerprint density at radius 3 is 2.65 bits per heavy atom. The van der Waals surface area contributed by atoms with Crippen LogP contribution in [0.15, 0.2) is 41.8 Å². The summed E-state index contributed by atoms with van der Waals surface area (Å²) < 4.78 is 4.93. The van der Waals surface area contributed by atoms with Crippen LogP contribution in [0.3, 0.4) is 0 Å². The van der Waals surface area contributed by atoms with Crippen molar-refractivity contribution < 1.29 is 9.53 Å². The van der Waals surface area contributed by atoms with Gasteiger partial charge in [0.1, 0.15) is 0 Å². The van der Waals surface area contributed by atoms with Gasteiger partial charge in [0.2, 0.25) is 5.88 Å². The molecule has 3 aromatic rings. The highest BCUT2D eigenvalue weighted by atomic mass is 32.1. The van der Waals surface area contributed by atoms with Crippen LogP contribution in [0.1, 0.15) is 15.5 Å². The lowest BCUT2D eigenvalue weighted by Crippen LogP contribution is -2.15. The highest BCUT2D eigenvalue weighted by Crippen LogP contribution is 2.29. The van der Waals surface area contributed by atoms with Crippen molar-refractivity contribution in [2.75, 3.05) is 12.4 Å². The van der Waals surface area contributed by atoms with Gasteiger partial charge < -0.3 is 10.1 Å². The van der Waals surface area contributed by atoms with Crippen LogP contribution >= 0.6 is 11.3 Å². The highest BCUT2D eigenvalue weighted by Gasteiger charge is 2.13. The summed E-state index contributed by atoms with van der Waals surface area (Å²) >= 11 is 1.57. The summed E-state index contributed by atoms with van der Waals surface area (Å²) in [5.74, 6) is 0.0273. The van der Waals surface area contributed by atoms with E-state index in [1.165, 1.54) is 7.11 Å². The molecule has 0 aliphatic carbocycles. The number of aryl methyl sites for hydroxylation is 1. The van der Waals surface area contributed by atoms with Gasteiger partial charge in [0.05, 0.1) is 23.5 Å². The van der Waals surface area contributed by atoms with Gasteiger partial charge in [-0.1, -0.05) is 18.2 Å². The Morgan fingerprint density at radius 1 is 1.17 bits per heavy atom. The van der Waals surface area contributed by atoms with Crippen LogP contribution in [0, 0.1) is 6.92 Å². The van der Waals surface area contributed by atoms with Crippen LogP contribution in [0.2, 0.25) is 0 Å². The number of hydrogen-bond donors (Lipinski definition) is 1. The van der Waals surface area contributed by atoms with Crippen LogP contribution < -0.4 is 10.1 Å². The third-order valence-electron chi connectivity index (χ3n) is 3.15. The number of carbonyl (C=O) groups is 1. The maximum Gasteiger partial charge on any atom is 0.276 e. The maximum atomic E-state index is 12.3. The summed E-state index contributed by atoms with van der Waals surface area (Å²) in [7, 11) is 1.50. The van der Waals surface area contributed by atoms with E-state index in [1.807, 2.05) is 36.6 Å². The van der Waals surface area contributed by atoms with Gasteiger partial charge >= 0.3 is 0 Å². The Morgan fingerprint density at radius 2 is 2.00 bits per heavy atom. The van der Waals surface area contributed by atoms with E-state index < -0.39 is 0 Å². The Kier molecular flexibility index (Phi) is 4.29. The molecule has 23 heavy (non-hydrogen) atoms. The number of amides is 1. The summed E-state index contributed by atoms with van der Waals surface area (Å²) in [6.07, 6.45) is 0. The molecule has 7 heteroatoms. The summed E-state index contributed by atoms with van der Waals surface area (Å²) in [5, 5.41) is 13.4. The minimum Gasteiger partial charge on any atom is -0.480 e. The van der Waals surface area contributed by atoms with Crippen molar-refractivity contribution in [3.8, 4) is 17.1 Å². The van der Waals surface area contributed by atoms with Crippen LogP contribution in [-0.4, -0.2) is 28.2 Å². The van der Waals surface area contributed by atoms with E-state index >= 15 is 0 Å². The standard InChI is InChI=1S/C16H14N4O2S/c1-10-17-14(9-23-10)11-5-3-4-6-12(11)18-16(21)13-7-8-15(22-2)20-19-13/h3-9H,1-2H3,(H,18,21). The number of anilines is 1. The van der Waals surface area contributed by atoms with E-state index in [0.717, 1.165) is 16.3 Å². The lowest BCUT2D eigenvalue weighted by molar-refractivity contribution is 0.102. The van der Waals surface area contributed by atoms with Gasteiger partial charge in [0.15, 0.2) is 5.69 Å². The van der Waals surface area contributed by atoms with Gasteiger partial charge in [-0.2, -0.15) is 0 Å². The minimum absolute atomic E-state index is 0.218. The zero-order valence-electron chi connectivity index (χ0n) is 12.6. The topological polar surface area (TPSA) is 77.0 Å². The molecule has 0 saturated carbocycles. The predicted octanol–water partition coefficient (Wildman–Crippen LogP) is 3.17. The van der Waals surface area contributed by atoms with Crippen molar-refractivity contribution in [1.82, 2.24) is 15.2 Å². The summed E-state index contributed by atoms with van der Waals surface area (Å²) in [4.78, 5) is 16.8. The second-order valence-electron chi connectivity index (χ2n) is 4.71. The molecule has 0 spiro atoms. The van der Waals surface area contributed by atoms with Gasteiger partial charge in [-0.05, 0) is 19.1 Å². The fraction of sp³-hybridized carbons (Fsp3) is 0.125. The fourth-order valence-electron chi connectivity index (χ4n) is 2.04. The molecule has 6 nitrogen and oxygen atoms in total. The second kappa shape index (κ2) is 6.53. The van der Waals surface area contributed by atoms with Crippen LogP contribution in [0.5, 0.6) is 5.88 Å². The van der Waals surface area contributed by atoms with Gasteiger partial charge in [-0.15, -0.1) is 21.5 Å². The molecule has 0 fully saturated rings. The SMILES string of the molecule is COc1ccc(C(=O)Nc2ccccc2-c2csc(C)n2)nn1. The lowest BCUT2D eigenvalue weighted by Gasteiger charge is -2.09. The number of thiazole rings is 1. The van der Waals surface area contributed by atoms with E-state index in [1.54, 1.807) is 23.5 Å². The van der Waals surface area contributed by atoms with Gasteiger partial charge in [-0.3, -0.25) is 4.79 Å². The normalized spacial score (nSPS) is 10.3. The average Bonchev–Trinajstić information content (AvgIpc) is 3.01. The van der Waals surface area contributed by atoms with E-state index in [-0.39, 0.29) is 11.6 Å². The molecule has 1 N–H and O–H groups in total. The maximum absolute atomic E-state index is 12.3. The van der Waals surface area contributed by atoms with E-state index in [2.05, 4.69) is 20.5 Å². The van der Waals surface area contributed by atoms with Crippen LogP contribution in [-0.2, 0) is 0 Å². The molecular formula is C16H14N4O2S. The first-order chi connectivity index (χ1) is 11.2. The zero-order valence-corrected chi connectivity index (χ0v) is 13.4. The van der Waals surface area contributed by atoms with Crippen LogP contribution in [0.4, 0.5) is 5.69 Å². The Bertz CT molecular complexity index is 830. The first-order valence-electron chi connectivity index (χ1n) is 6.88. The number of benzene rings is 1. The third-order valence-corrected chi connectivity index (χ3v) is 3.93. The molecule has 0 atom stereocenters. The van der Waals surface area contributed by atoms with E-state index in [4.69, 9.17) is 4.74 Å². The number of methoxy groups -OCH3 is 1. The largest absolute Gasteiger partial charge is 0.480 e. The zero-order chi connectivity index (χ0) is 16.2. The molecule has 0 bridgehead atoms. The monoisotopic (exact) mass is 326 g/mol. The van der Waals surface area contributed by atoms with Crippen molar-refractivity contribution in [2.24, 2.45) is 0 Å². The number of aromatic nitrogens is 3. The molecule has 0 aliphatic heterocycles. The van der Waals surface area contributed by atoms with Gasteiger partial charge in [-0.25, -0.2) is 4.98 Å². The number of hydrogen-bond acceptors (Lipinski definition) is 6. The molecule has 2 heterocycles. The Hall–Kier alpha value is -2.80. The Labute approximate surface area is 137 Å². The molecule has 2 aromatic heterocycles. The first-order valence-corrected chi connectivity index (χ1v) is 7.76. The quantitative estimate of drug-likeness (QED) is 0.797. The highest BCUT2D eigenvalue weighted by molar-refractivity contribution is 7.09. The molecule has 0 unspecified atom stereocenters. The number of rotatable bonds is 4. The molecule has 3 rings (SSSR count). The first kappa shape index (κ1) is 15.1. The average molecular weight is 326 g/mol. The smallest absolute Gasteiger partial charge is 0.276 e. The third kappa shape index (κ3) is 3.35. The molecular weight excluding hydrogens is 312 g/mol. The second-order valence-corrected chi connectivity index (χ2v) is 5.77. The van der Waals surface area contributed by atoms with Crippen molar-refractivity contribution in [3.63, 3.8) is 0 Å². The molecule has 0 saturated heterocycles. The summed E-state index contributed by atoms with van der Waals surface area (Å²) in [5.41, 5.74) is 2.60. The number of nitrogens with one attached hydrogen (secondary N) is 1. The molecule has 0 radical (unpaired) electrons. The predicted molar refractivity (Wildman–Crippen MR) is 88.8 cm³/mol.